The summed E-state index contributed by atoms with van der Waals surface area (Å²) in [5.74, 6) is -1.65. The third-order valence-corrected chi connectivity index (χ3v) is 13.4. The minimum atomic E-state index is -0.985. The molecule has 3 N–H and O–H groups in total. The number of hydrogen-bond acceptors (Lipinski definition) is 12. The number of primary amides is 1. The number of fused-ring (bicyclic) bond motifs is 1. The van der Waals surface area contributed by atoms with Crippen LogP contribution in [0.3, 0.4) is 0 Å². The van der Waals surface area contributed by atoms with Crippen molar-refractivity contribution in [1.82, 2.24) is 39.8 Å². The van der Waals surface area contributed by atoms with Crippen LogP contribution in [0.25, 0.3) is 0 Å². The molecule has 6 aliphatic heterocycles. The Bertz CT molecular complexity index is 2190. The highest BCUT2D eigenvalue weighted by Crippen LogP contribution is 2.44. The lowest BCUT2D eigenvalue weighted by Gasteiger charge is -2.45. The van der Waals surface area contributed by atoms with Gasteiger partial charge in [-0.15, -0.1) is 0 Å². The van der Waals surface area contributed by atoms with E-state index in [-0.39, 0.29) is 41.5 Å². The molecule has 2 unspecified atom stereocenters. The number of carbonyl (C=O) groups is 6. The second-order valence-corrected chi connectivity index (χ2v) is 16.8. The SMILES string of the molecule is Cn1cc(Cc2nc(N3CCCC(N4CCC5(CCN(C6CCN(c7ccc8c(c7)C(=O)N(C7CCC(=O)NC7=O)C8=O)CC6)CC5)C4=O)C3)cnc2C(N)=O)cn1. The van der Waals surface area contributed by atoms with Crippen molar-refractivity contribution in [1.29, 1.82) is 0 Å². The second-order valence-electron chi connectivity index (χ2n) is 16.8. The molecule has 9 rings (SSSR count). The van der Waals surface area contributed by atoms with E-state index in [2.05, 4.69) is 35.0 Å². The van der Waals surface area contributed by atoms with Gasteiger partial charge in [0.1, 0.15) is 17.6 Å². The number of aryl methyl sites for hydroxylation is 1. The van der Waals surface area contributed by atoms with Gasteiger partial charge >= 0.3 is 0 Å². The highest BCUT2D eigenvalue weighted by molar-refractivity contribution is 6.23. The Labute approximate surface area is 335 Å². The molecule has 8 heterocycles. The van der Waals surface area contributed by atoms with Crippen molar-refractivity contribution < 1.29 is 28.8 Å². The summed E-state index contributed by atoms with van der Waals surface area (Å²) in [7, 11) is 1.84. The van der Waals surface area contributed by atoms with Crippen molar-refractivity contribution in [2.45, 2.75) is 82.3 Å². The molecule has 0 saturated carbocycles. The Morgan fingerprint density at radius 1 is 0.879 bits per heavy atom. The maximum atomic E-state index is 14.3. The normalized spacial score (nSPS) is 24.3. The molecule has 2 aromatic heterocycles. The van der Waals surface area contributed by atoms with Crippen LogP contribution >= 0.6 is 0 Å². The van der Waals surface area contributed by atoms with Crippen molar-refractivity contribution in [2.75, 3.05) is 55.6 Å². The van der Waals surface area contributed by atoms with E-state index < -0.39 is 35.6 Å². The molecular weight excluding hydrogens is 743 g/mol. The molecule has 0 bridgehead atoms. The van der Waals surface area contributed by atoms with E-state index in [0.717, 1.165) is 100 Å². The average molecular weight is 792 g/mol. The number of aromatic nitrogens is 4. The number of anilines is 2. The summed E-state index contributed by atoms with van der Waals surface area (Å²) in [6, 6.07) is 4.82. The van der Waals surface area contributed by atoms with E-state index in [0.29, 0.717) is 36.1 Å². The molecule has 58 heavy (non-hydrogen) atoms. The predicted octanol–water partition coefficient (Wildman–Crippen LogP) is 1.25. The minimum Gasteiger partial charge on any atom is -0.371 e. The Morgan fingerprint density at radius 3 is 2.36 bits per heavy atom. The van der Waals surface area contributed by atoms with E-state index in [4.69, 9.17) is 10.7 Å². The van der Waals surface area contributed by atoms with Gasteiger partial charge in [0, 0.05) is 76.6 Å². The largest absolute Gasteiger partial charge is 0.371 e. The molecule has 304 valence electrons. The first-order chi connectivity index (χ1) is 28.0. The van der Waals surface area contributed by atoms with Crippen LogP contribution in [0.1, 0.15) is 100 Å². The predicted molar refractivity (Wildman–Crippen MR) is 210 cm³/mol. The van der Waals surface area contributed by atoms with Crippen LogP contribution in [0, 0.1) is 5.41 Å². The fraction of sp³-hybridized carbons (Fsp3) is 0.537. The Balaban J connectivity index is 0.787. The lowest BCUT2D eigenvalue weighted by molar-refractivity contribution is -0.141. The summed E-state index contributed by atoms with van der Waals surface area (Å²) in [5, 5.41) is 6.48. The highest BCUT2D eigenvalue weighted by Gasteiger charge is 2.51. The minimum absolute atomic E-state index is 0.0792. The molecule has 3 aromatic rings. The van der Waals surface area contributed by atoms with E-state index in [1.165, 1.54) is 0 Å². The third-order valence-electron chi connectivity index (χ3n) is 13.4. The van der Waals surface area contributed by atoms with Gasteiger partial charge in [0.2, 0.25) is 17.7 Å². The molecule has 2 atom stereocenters. The number of amides is 6. The number of rotatable bonds is 8. The van der Waals surface area contributed by atoms with Gasteiger partial charge in [-0.05, 0) is 88.2 Å². The van der Waals surface area contributed by atoms with Gasteiger partial charge in [0.15, 0.2) is 0 Å². The molecule has 1 aromatic carbocycles. The Hall–Kier alpha value is -5.71. The molecule has 5 fully saturated rings. The fourth-order valence-electron chi connectivity index (χ4n) is 10.2. The van der Waals surface area contributed by atoms with E-state index in [9.17, 15) is 28.8 Å². The number of nitrogens with one attached hydrogen (secondary N) is 1. The van der Waals surface area contributed by atoms with E-state index in [1.807, 2.05) is 19.3 Å². The van der Waals surface area contributed by atoms with Crippen LogP contribution in [0.15, 0.2) is 36.8 Å². The standard InChI is InChI=1S/C41H49N11O6/c1-47-23-25(21-44-47)19-31-35(36(42)54)43-22-33(45-31)50-13-2-3-28(24-50)51-18-12-41(40(51)58)10-16-49(17-11-41)26-8-14-48(15-9-26)27-4-5-29-30(20-27)39(57)52(38(29)56)32-6-7-34(53)46-37(32)55/h4-5,20-23,26,28,32H,2-3,6-19,24H2,1H3,(H2,42,54)(H,46,53,55). The summed E-state index contributed by atoms with van der Waals surface area (Å²) in [6.45, 7) is 5.58. The molecule has 5 saturated heterocycles. The zero-order valence-corrected chi connectivity index (χ0v) is 32.8. The average Bonchev–Trinajstić information content (AvgIpc) is 3.86. The maximum absolute atomic E-state index is 14.3. The van der Waals surface area contributed by atoms with Gasteiger partial charge in [-0.3, -0.25) is 43.7 Å². The summed E-state index contributed by atoms with van der Waals surface area (Å²) in [5.41, 5.74) is 8.38. The first-order valence-corrected chi connectivity index (χ1v) is 20.5. The molecule has 17 nitrogen and oxygen atoms in total. The van der Waals surface area contributed by atoms with Crippen molar-refractivity contribution >= 4 is 46.9 Å². The number of likely N-dealkylation sites (tertiary alicyclic amines) is 2. The summed E-state index contributed by atoms with van der Waals surface area (Å²) < 4.78 is 1.70. The van der Waals surface area contributed by atoms with Gasteiger partial charge in [-0.1, -0.05) is 0 Å². The van der Waals surface area contributed by atoms with E-state index in [1.54, 1.807) is 29.2 Å². The van der Waals surface area contributed by atoms with Gasteiger partial charge in [0.25, 0.3) is 17.7 Å². The van der Waals surface area contributed by atoms with Gasteiger partial charge < -0.3 is 25.3 Å². The molecule has 0 aliphatic carbocycles. The molecule has 17 heteroatoms. The summed E-state index contributed by atoms with van der Waals surface area (Å²) >= 11 is 0. The molecule has 6 aliphatic rings. The van der Waals surface area contributed by atoms with Gasteiger partial charge in [-0.2, -0.15) is 5.10 Å². The molecular formula is C41H49N11O6. The number of nitrogens with zero attached hydrogens (tertiary/aromatic N) is 9. The van der Waals surface area contributed by atoms with Crippen LogP contribution in [0.5, 0.6) is 0 Å². The monoisotopic (exact) mass is 791 g/mol. The lowest BCUT2D eigenvalue weighted by atomic mass is 9.76. The Morgan fingerprint density at radius 2 is 1.64 bits per heavy atom. The van der Waals surface area contributed by atoms with Crippen LogP contribution in [-0.4, -0.2) is 134 Å². The first-order valence-electron chi connectivity index (χ1n) is 20.5. The number of piperidine rings is 4. The van der Waals surface area contributed by atoms with Crippen molar-refractivity contribution in [3.8, 4) is 0 Å². The molecule has 6 amide bonds. The quantitative estimate of drug-likeness (QED) is 0.310. The topological polar surface area (TPSA) is 200 Å². The van der Waals surface area contributed by atoms with Crippen LogP contribution in [-0.2, 0) is 27.9 Å². The lowest BCUT2D eigenvalue weighted by Crippen LogP contribution is -2.54. The zero-order chi connectivity index (χ0) is 40.3. The Kier molecular flexibility index (Phi) is 9.73. The van der Waals surface area contributed by atoms with Gasteiger partial charge in [0.05, 0.1) is 34.6 Å². The molecule has 0 radical (unpaired) electrons. The molecule has 1 spiro atoms. The number of nitrogens with two attached hydrogens (primary N) is 1. The summed E-state index contributed by atoms with van der Waals surface area (Å²) in [6.07, 6.45) is 12.2. The van der Waals surface area contributed by atoms with Gasteiger partial charge in [-0.25, -0.2) is 9.97 Å². The van der Waals surface area contributed by atoms with Crippen molar-refractivity contribution in [3.05, 3.63) is 64.9 Å². The summed E-state index contributed by atoms with van der Waals surface area (Å²) in [4.78, 5) is 96.6. The maximum Gasteiger partial charge on any atom is 0.269 e. The zero-order valence-electron chi connectivity index (χ0n) is 32.8. The van der Waals surface area contributed by atoms with Crippen LogP contribution in [0.4, 0.5) is 11.5 Å². The van der Waals surface area contributed by atoms with Crippen molar-refractivity contribution in [3.63, 3.8) is 0 Å². The van der Waals surface area contributed by atoms with E-state index >= 15 is 0 Å². The highest BCUT2D eigenvalue weighted by atomic mass is 16.2. The van der Waals surface area contributed by atoms with Crippen molar-refractivity contribution in [2.24, 2.45) is 18.2 Å². The third kappa shape index (κ3) is 6.78. The smallest absolute Gasteiger partial charge is 0.269 e. The number of imide groups is 2. The second kappa shape index (κ2) is 14.9. The fourth-order valence-corrected chi connectivity index (χ4v) is 10.2. The van der Waals surface area contributed by atoms with Crippen LogP contribution in [0.2, 0.25) is 0 Å². The first kappa shape index (κ1) is 37.8. The number of carbonyl (C=O) groups excluding carboxylic acids is 6. The van der Waals surface area contributed by atoms with Crippen LogP contribution < -0.4 is 20.9 Å². The number of hydrogen-bond donors (Lipinski definition) is 2. The number of benzene rings is 1.